The van der Waals surface area contributed by atoms with Gasteiger partial charge in [-0.25, -0.2) is 9.18 Å². The summed E-state index contributed by atoms with van der Waals surface area (Å²) in [4.78, 5) is 11.7. The Morgan fingerprint density at radius 2 is 2.05 bits per heavy atom. The molecule has 0 fully saturated rings. The number of halogens is 1. The molecule has 4 heteroatoms. The number of hydrogen-bond donors (Lipinski definition) is 1. The Balaban J connectivity index is 2.88. The predicted octanol–water partition coefficient (Wildman–Crippen LogP) is 4.29. The highest BCUT2D eigenvalue weighted by Gasteiger charge is 2.17. The van der Waals surface area contributed by atoms with Crippen molar-refractivity contribution >= 4 is 11.8 Å². The molecule has 1 aromatic rings. The quantitative estimate of drug-likeness (QED) is 0.828. The number of ether oxygens (including phenoxy) is 1. The molecule has 0 aromatic heterocycles. The van der Waals surface area contributed by atoms with E-state index in [1.54, 1.807) is 20.8 Å². The van der Waals surface area contributed by atoms with E-state index in [0.717, 1.165) is 5.57 Å². The summed E-state index contributed by atoms with van der Waals surface area (Å²) < 4.78 is 18.4. The minimum Gasteiger partial charge on any atom is -0.444 e. The largest absolute Gasteiger partial charge is 0.444 e. The van der Waals surface area contributed by atoms with E-state index in [0.29, 0.717) is 17.7 Å². The van der Waals surface area contributed by atoms with Gasteiger partial charge in [-0.3, -0.25) is 5.32 Å². The monoisotopic (exact) mass is 265 g/mol. The zero-order valence-electron chi connectivity index (χ0n) is 11.8. The van der Waals surface area contributed by atoms with Crippen LogP contribution in [0.1, 0.15) is 33.3 Å². The second-order valence-corrected chi connectivity index (χ2v) is 5.56. The summed E-state index contributed by atoms with van der Waals surface area (Å²) in [6.07, 6.45) is -0.0508. The molecule has 0 unspecified atom stereocenters. The van der Waals surface area contributed by atoms with E-state index in [4.69, 9.17) is 4.74 Å². The molecule has 0 bridgehead atoms. The summed E-state index contributed by atoms with van der Waals surface area (Å²) in [5.74, 6) is -0.342. The number of allylic oxidation sites excluding steroid dienone is 1. The van der Waals surface area contributed by atoms with Crippen molar-refractivity contribution in [2.75, 3.05) is 5.32 Å². The van der Waals surface area contributed by atoms with Crippen LogP contribution in [0.5, 0.6) is 0 Å². The third kappa shape index (κ3) is 5.55. The van der Waals surface area contributed by atoms with Gasteiger partial charge in [0.1, 0.15) is 11.4 Å². The van der Waals surface area contributed by atoms with Crippen molar-refractivity contribution in [3.05, 3.63) is 41.7 Å². The molecule has 104 valence electrons. The Hall–Kier alpha value is -1.84. The Morgan fingerprint density at radius 1 is 1.42 bits per heavy atom. The summed E-state index contributed by atoms with van der Waals surface area (Å²) in [6, 6.07) is 4.22. The first-order chi connectivity index (χ1) is 8.67. The Bertz CT molecular complexity index is 489. The standard InChI is InChI=1S/C15H20FNO2/c1-10(2)8-11-9-12(16)6-7-13(11)17-14(18)19-15(3,4)5/h6-7,9H,1,8H2,2-5H3,(H,17,18). The number of carbonyl (C=O) groups excluding carboxylic acids is 1. The normalized spacial score (nSPS) is 11.0. The molecule has 19 heavy (non-hydrogen) atoms. The highest BCUT2D eigenvalue weighted by molar-refractivity contribution is 5.86. The van der Waals surface area contributed by atoms with Crippen LogP contribution >= 0.6 is 0 Å². The molecule has 3 nitrogen and oxygen atoms in total. The lowest BCUT2D eigenvalue weighted by atomic mass is 10.1. The zero-order valence-corrected chi connectivity index (χ0v) is 11.8. The van der Waals surface area contributed by atoms with Crippen LogP contribution in [0.3, 0.4) is 0 Å². The lowest BCUT2D eigenvalue weighted by Gasteiger charge is -2.20. The molecule has 0 aliphatic rings. The number of amides is 1. The van der Waals surface area contributed by atoms with Crippen LogP contribution in [-0.2, 0) is 11.2 Å². The van der Waals surface area contributed by atoms with E-state index in [-0.39, 0.29) is 5.82 Å². The molecule has 1 rings (SSSR count). The highest BCUT2D eigenvalue weighted by atomic mass is 19.1. The fourth-order valence-corrected chi connectivity index (χ4v) is 1.57. The third-order valence-corrected chi connectivity index (χ3v) is 2.20. The minimum absolute atomic E-state index is 0.342. The molecular weight excluding hydrogens is 245 g/mol. The number of carbonyl (C=O) groups is 1. The number of hydrogen-bond acceptors (Lipinski definition) is 2. The SMILES string of the molecule is C=C(C)Cc1cc(F)ccc1NC(=O)OC(C)(C)C. The van der Waals surface area contributed by atoms with Crippen LogP contribution in [0.4, 0.5) is 14.9 Å². The van der Waals surface area contributed by atoms with Gasteiger partial charge in [0, 0.05) is 5.69 Å². The number of anilines is 1. The van der Waals surface area contributed by atoms with Crippen molar-refractivity contribution < 1.29 is 13.9 Å². The van der Waals surface area contributed by atoms with Gasteiger partial charge in [-0.05, 0) is 57.9 Å². The van der Waals surface area contributed by atoms with Crippen molar-refractivity contribution in [1.82, 2.24) is 0 Å². The van der Waals surface area contributed by atoms with Crippen LogP contribution in [0.25, 0.3) is 0 Å². The zero-order chi connectivity index (χ0) is 14.6. The maximum absolute atomic E-state index is 13.2. The fraction of sp³-hybridized carbons (Fsp3) is 0.400. The fourth-order valence-electron chi connectivity index (χ4n) is 1.57. The van der Waals surface area contributed by atoms with E-state index >= 15 is 0 Å². The molecular formula is C15H20FNO2. The Kier molecular flexibility index (Phi) is 4.70. The molecule has 0 radical (unpaired) electrons. The number of rotatable bonds is 3. The van der Waals surface area contributed by atoms with Gasteiger partial charge in [0.25, 0.3) is 0 Å². The summed E-state index contributed by atoms with van der Waals surface area (Å²) >= 11 is 0. The van der Waals surface area contributed by atoms with Gasteiger partial charge in [-0.1, -0.05) is 12.2 Å². The van der Waals surface area contributed by atoms with Gasteiger partial charge in [0.05, 0.1) is 0 Å². The van der Waals surface area contributed by atoms with Crippen LogP contribution < -0.4 is 5.32 Å². The molecule has 0 aliphatic heterocycles. The average Bonchev–Trinajstić information content (AvgIpc) is 2.18. The second kappa shape index (κ2) is 5.87. The van der Waals surface area contributed by atoms with Gasteiger partial charge in [0.2, 0.25) is 0 Å². The topological polar surface area (TPSA) is 38.3 Å². The van der Waals surface area contributed by atoms with Crippen LogP contribution in [0, 0.1) is 5.82 Å². The highest BCUT2D eigenvalue weighted by Crippen LogP contribution is 2.21. The van der Waals surface area contributed by atoms with Crippen LogP contribution in [0.15, 0.2) is 30.4 Å². The number of benzene rings is 1. The first-order valence-electron chi connectivity index (χ1n) is 6.10. The summed E-state index contributed by atoms with van der Waals surface area (Å²) in [6.45, 7) is 11.0. The summed E-state index contributed by atoms with van der Waals surface area (Å²) in [5.41, 5.74) is 1.54. The van der Waals surface area contributed by atoms with Crippen LogP contribution in [0.2, 0.25) is 0 Å². The van der Waals surface area contributed by atoms with Gasteiger partial charge >= 0.3 is 6.09 Å². The van der Waals surface area contributed by atoms with E-state index in [9.17, 15) is 9.18 Å². The van der Waals surface area contributed by atoms with E-state index in [2.05, 4.69) is 11.9 Å². The average molecular weight is 265 g/mol. The van der Waals surface area contributed by atoms with Crippen LogP contribution in [-0.4, -0.2) is 11.7 Å². The maximum Gasteiger partial charge on any atom is 0.412 e. The Morgan fingerprint density at radius 3 is 2.58 bits per heavy atom. The maximum atomic E-state index is 13.2. The van der Waals surface area contributed by atoms with Gasteiger partial charge < -0.3 is 4.74 Å². The number of nitrogens with one attached hydrogen (secondary N) is 1. The Labute approximate surface area is 113 Å². The van der Waals surface area contributed by atoms with E-state index < -0.39 is 11.7 Å². The summed E-state index contributed by atoms with van der Waals surface area (Å²) in [5, 5.41) is 2.63. The van der Waals surface area contributed by atoms with Gasteiger partial charge in [-0.2, -0.15) is 0 Å². The summed E-state index contributed by atoms with van der Waals surface area (Å²) in [7, 11) is 0. The molecule has 0 spiro atoms. The molecule has 0 saturated carbocycles. The van der Waals surface area contributed by atoms with E-state index in [1.165, 1.54) is 18.2 Å². The second-order valence-electron chi connectivity index (χ2n) is 5.56. The minimum atomic E-state index is -0.571. The van der Waals surface area contributed by atoms with Gasteiger partial charge in [-0.15, -0.1) is 0 Å². The van der Waals surface area contributed by atoms with Gasteiger partial charge in [0.15, 0.2) is 0 Å². The predicted molar refractivity (Wildman–Crippen MR) is 74.8 cm³/mol. The molecule has 1 aromatic carbocycles. The molecule has 0 atom stereocenters. The van der Waals surface area contributed by atoms with Crippen molar-refractivity contribution in [3.8, 4) is 0 Å². The lowest BCUT2D eigenvalue weighted by Crippen LogP contribution is -2.27. The molecule has 1 N–H and O–H groups in total. The van der Waals surface area contributed by atoms with Crippen molar-refractivity contribution in [3.63, 3.8) is 0 Å². The van der Waals surface area contributed by atoms with Crippen molar-refractivity contribution in [2.24, 2.45) is 0 Å². The van der Waals surface area contributed by atoms with Crippen molar-refractivity contribution in [1.29, 1.82) is 0 Å². The third-order valence-electron chi connectivity index (χ3n) is 2.20. The van der Waals surface area contributed by atoms with E-state index in [1.807, 2.05) is 6.92 Å². The molecule has 1 amide bonds. The first kappa shape index (κ1) is 15.2. The molecule has 0 aliphatic carbocycles. The first-order valence-corrected chi connectivity index (χ1v) is 6.10. The van der Waals surface area contributed by atoms with Crippen molar-refractivity contribution in [2.45, 2.75) is 39.7 Å². The molecule has 0 heterocycles. The molecule has 0 saturated heterocycles. The lowest BCUT2D eigenvalue weighted by molar-refractivity contribution is 0.0635. The smallest absolute Gasteiger partial charge is 0.412 e.